The molecular weight excluding hydrogens is 319 g/mol. The zero-order valence-electron chi connectivity index (χ0n) is 14.2. The molecule has 1 aliphatic rings. The summed E-state index contributed by atoms with van der Waals surface area (Å²) >= 11 is 0. The first kappa shape index (κ1) is 15.9. The molecule has 0 bridgehead atoms. The van der Waals surface area contributed by atoms with Crippen LogP contribution in [-0.4, -0.2) is 39.1 Å². The van der Waals surface area contributed by atoms with Crippen molar-refractivity contribution in [3.63, 3.8) is 0 Å². The highest BCUT2D eigenvalue weighted by molar-refractivity contribution is 5.98. The lowest BCUT2D eigenvalue weighted by Crippen LogP contribution is -2.40. The summed E-state index contributed by atoms with van der Waals surface area (Å²) in [6, 6.07) is 6.61. The third-order valence-electron chi connectivity index (χ3n) is 5.07. The van der Waals surface area contributed by atoms with Crippen molar-refractivity contribution in [1.82, 2.24) is 20.1 Å². The number of amides is 1. The molecule has 2 N–H and O–H groups in total. The molecule has 3 heterocycles. The Balaban J connectivity index is 1.51. The minimum Gasteiger partial charge on any atom is -0.348 e. The molecule has 1 aliphatic heterocycles. The number of aryl methyl sites for hydroxylation is 1. The maximum atomic E-state index is 13.9. The molecule has 0 saturated carbocycles. The van der Waals surface area contributed by atoms with Crippen molar-refractivity contribution in [3.8, 4) is 0 Å². The fourth-order valence-corrected chi connectivity index (χ4v) is 3.69. The summed E-state index contributed by atoms with van der Waals surface area (Å²) in [6.45, 7) is 3.51. The average Bonchev–Trinajstić information content (AvgIpc) is 3.22. The molecule has 1 atom stereocenters. The Kier molecular flexibility index (Phi) is 4.03. The van der Waals surface area contributed by atoms with Gasteiger partial charge >= 0.3 is 0 Å². The molecule has 130 valence electrons. The molecule has 1 unspecified atom stereocenters. The fraction of sp³-hybridized carbons (Fsp3) is 0.368. The number of piperidine rings is 1. The van der Waals surface area contributed by atoms with Crippen LogP contribution in [0.15, 0.2) is 30.5 Å². The van der Waals surface area contributed by atoms with Crippen molar-refractivity contribution in [1.29, 1.82) is 0 Å². The van der Waals surface area contributed by atoms with E-state index in [4.69, 9.17) is 0 Å². The van der Waals surface area contributed by atoms with Gasteiger partial charge in [-0.1, -0.05) is 12.1 Å². The van der Waals surface area contributed by atoms with E-state index in [1.807, 2.05) is 24.1 Å². The van der Waals surface area contributed by atoms with E-state index in [1.165, 1.54) is 6.07 Å². The Morgan fingerprint density at radius 1 is 1.44 bits per heavy atom. The lowest BCUT2D eigenvalue weighted by Gasteiger charge is -2.32. The highest BCUT2D eigenvalue weighted by Crippen LogP contribution is 2.24. The molecule has 0 spiro atoms. The second-order valence-electron chi connectivity index (χ2n) is 6.88. The van der Waals surface area contributed by atoms with Crippen LogP contribution < -0.4 is 0 Å². The maximum absolute atomic E-state index is 13.9. The highest BCUT2D eigenvalue weighted by Gasteiger charge is 2.26. The van der Waals surface area contributed by atoms with Crippen molar-refractivity contribution >= 4 is 16.8 Å². The largest absolute Gasteiger partial charge is 0.348 e. The zero-order valence-corrected chi connectivity index (χ0v) is 14.2. The normalized spacial score (nSPS) is 18.0. The minimum absolute atomic E-state index is 0.0540. The first-order valence-corrected chi connectivity index (χ1v) is 8.67. The van der Waals surface area contributed by atoms with Crippen LogP contribution in [0.1, 0.15) is 34.6 Å². The first-order valence-electron chi connectivity index (χ1n) is 8.67. The van der Waals surface area contributed by atoms with Crippen LogP contribution in [0.5, 0.6) is 0 Å². The second-order valence-corrected chi connectivity index (χ2v) is 6.88. The topological polar surface area (TPSA) is 64.8 Å². The van der Waals surface area contributed by atoms with E-state index in [0.29, 0.717) is 17.1 Å². The van der Waals surface area contributed by atoms with Crippen molar-refractivity contribution in [2.45, 2.75) is 26.2 Å². The van der Waals surface area contributed by atoms with E-state index in [1.54, 1.807) is 12.1 Å². The van der Waals surface area contributed by atoms with Crippen LogP contribution in [0.25, 0.3) is 10.9 Å². The van der Waals surface area contributed by atoms with Gasteiger partial charge in [0.25, 0.3) is 5.91 Å². The SMILES string of the molecule is Cc1cn[nH]c1CC1CCCN(C(=O)c2cc3cccc(F)c3[nH]2)C1. The van der Waals surface area contributed by atoms with E-state index in [-0.39, 0.29) is 11.7 Å². The smallest absolute Gasteiger partial charge is 0.270 e. The number of aromatic amines is 2. The number of nitrogens with one attached hydrogen (secondary N) is 2. The number of halogens is 1. The number of H-pyrrole nitrogens is 2. The number of hydrogen-bond donors (Lipinski definition) is 2. The molecule has 1 fully saturated rings. The van der Waals surface area contributed by atoms with E-state index in [0.717, 1.165) is 49.0 Å². The number of nitrogens with zero attached hydrogens (tertiary/aromatic N) is 2. The fourth-order valence-electron chi connectivity index (χ4n) is 3.69. The molecule has 5 nitrogen and oxygen atoms in total. The summed E-state index contributed by atoms with van der Waals surface area (Å²) in [7, 11) is 0. The molecule has 3 aromatic rings. The van der Waals surface area contributed by atoms with Crippen LogP contribution in [0, 0.1) is 18.7 Å². The first-order chi connectivity index (χ1) is 12.1. The quantitative estimate of drug-likeness (QED) is 0.767. The molecule has 4 rings (SSSR count). The lowest BCUT2D eigenvalue weighted by atomic mass is 9.92. The molecule has 1 saturated heterocycles. The summed E-state index contributed by atoms with van der Waals surface area (Å²) in [5.41, 5.74) is 3.16. The molecule has 0 radical (unpaired) electrons. The Morgan fingerprint density at radius 3 is 3.08 bits per heavy atom. The van der Waals surface area contributed by atoms with Crippen LogP contribution in [0.4, 0.5) is 4.39 Å². The van der Waals surface area contributed by atoms with Gasteiger partial charge in [-0.2, -0.15) is 5.10 Å². The van der Waals surface area contributed by atoms with E-state index < -0.39 is 0 Å². The highest BCUT2D eigenvalue weighted by atomic mass is 19.1. The molecule has 1 aromatic carbocycles. The van der Waals surface area contributed by atoms with E-state index in [9.17, 15) is 9.18 Å². The molecule has 1 amide bonds. The Hall–Kier alpha value is -2.63. The van der Waals surface area contributed by atoms with Gasteiger partial charge < -0.3 is 9.88 Å². The monoisotopic (exact) mass is 340 g/mol. The number of benzene rings is 1. The number of rotatable bonds is 3. The molecule has 2 aromatic heterocycles. The van der Waals surface area contributed by atoms with E-state index >= 15 is 0 Å². The van der Waals surface area contributed by atoms with Crippen molar-refractivity contribution in [3.05, 3.63) is 53.2 Å². The number of aromatic nitrogens is 3. The predicted octanol–water partition coefficient (Wildman–Crippen LogP) is 3.43. The number of para-hydroxylation sites is 1. The maximum Gasteiger partial charge on any atom is 0.270 e. The van der Waals surface area contributed by atoms with Gasteiger partial charge in [0, 0.05) is 24.2 Å². The number of fused-ring (bicyclic) bond motifs is 1. The van der Waals surface area contributed by atoms with Gasteiger partial charge in [0.15, 0.2) is 0 Å². The van der Waals surface area contributed by atoms with Crippen LogP contribution in [-0.2, 0) is 6.42 Å². The molecule has 6 heteroatoms. The predicted molar refractivity (Wildman–Crippen MR) is 93.9 cm³/mol. The summed E-state index contributed by atoms with van der Waals surface area (Å²) in [5.74, 6) is 0.0300. The van der Waals surface area contributed by atoms with Crippen LogP contribution in [0.3, 0.4) is 0 Å². The Morgan fingerprint density at radius 2 is 2.32 bits per heavy atom. The van der Waals surface area contributed by atoms with Gasteiger partial charge in [0.1, 0.15) is 11.5 Å². The van der Waals surface area contributed by atoms with Crippen LogP contribution in [0.2, 0.25) is 0 Å². The number of likely N-dealkylation sites (tertiary alicyclic amines) is 1. The summed E-state index contributed by atoms with van der Waals surface area (Å²) in [5, 5.41) is 7.85. The van der Waals surface area contributed by atoms with Gasteiger partial charge in [0.05, 0.1) is 11.7 Å². The molecule has 0 aliphatic carbocycles. The van der Waals surface area contributed by atoms with E-state index in [2.05, 4.69) is 15.2 Å². The summed E-state index contributed by atoms with van der Waals surface area (Å²) < 4.78 is 13.9. The van der Waals surface area contributed by atoms with Gasteiger partial charge in [0.2, 0.25) is 0 Å². The minimum atomic E-state index is -0.331. The summed E-state index contributed by atoms with van der Waals surface area (Å²) in [4.78, 5) is 17.7. The van der Waals surface area contributed by atoms with Crippen LogP contribution >= 0.6 is 0 Å². The third kappa shape index (κ3) is 3.04. The van der Waals surface area contributed by atoms with Gasteiger partial charge in [-0.3, -0.25) is 9.89 Å². The Labute approximate surface area is 145 Å². The second kappa shape index (κ2) is 6.35. The van der Waals surface area contributed by atoms with Crippen molar-refractivity contribution in [2.24, 2.45) is 5.92 Å². The van der Waals surface area contributed by atoms with Gasteiger partial charge in [-0.25, -0.2) is 4.39 Å². The van der Waals surface area contributed by atoms with Gasteiger partial charge in [-0.05, 0) is 49.8 Å². The number of carbonyl (C=O) groups is 1. The zero-order chi connectivity index (χ0) is 17.4. The number of carbonyl (C=O) groups excluding carboxylic acids is 1. The lowest BCUT2D eigenvalue weighted by molar-refractivity contribution is 0.0667. The van der Waals surface area contributed by atoms with Crippen molar-refractivity contribution in [2.75, 3.05) is 13.1 Å². The summed E-state index contributed by atoms with van der Waals surface area (Å²) in [6.07, 6.45) is 4.82. The van der Waals surface area contributed by atoms with Gasteiger partial charge in [-0.15, -0.1) is 0 Å². The standard InChI is InChI=1S/C19H21FN4O/c1-12-10-21-23-16(12)8-13-4-3-7-24(11-13)19(25)17-9-14-5-2-6-15(20)18(14)22-17/h2,5-6,9-10,13,22H,3-4,7-8,11H2,1H3,(H,21,23). The third-order valence-corrected chi connectivity index (χ3v) is 5.07. The Bertz CT molecular complexity index is 913. The van der Waals surface area contributed by atoms with Crippen molar-refractivity contribution < 1.29 is 9.18 Å². The molecular formula is C19H21FN4O. The molecule has 25 heavy (non-hydrogen) atoms. The number of hydrogen-bond acceptors (Lipinski definition) is 2. The average molecular weight is 340 g/mol.